The maximum Gasteiger partial charge on any atom is 0.410 e. The molecule has 4 aliphatic rings. The Morgan fingerprint density at radius 2 is 1.81 bits per heavy atom. The van der Waals surface area contributed by atoms with Gasteiger partial charge in [0.2, 0.25) is 17.7 Å². The van der Waals surface area contributed by atoms with Gasteiger partial charge in [-0.2, -0.15) is 0 Å². The maximum absolute atomic E-state index is 14.5. The second-order valence-corrected chi connectivity index (χ2v) is 16.0. The van der Waals surface area contributed by atoms with Gasteiger partial charge >= 0.3 is 12.2 Å². The molecule has 0 spiro atoms. The van der Waals surface area contributed by atoms with E-state index >= 15 is 0 Å². The maximum atomic E-state index is 14.5. The predicted molar refractivity (Wildman–Crippen MR) is 198 cm³/mol. The minimum Gasteiger partial charge on any atom is -0.444 e. The fourth-order valence-electron chi connectivity index (χ4n) is 7.58. The standard InChI is InChI=1S/C41H52FN5O7/c1-26-15-17-27(18-16-26)19-20-43-37(50)41-22-29(41)12-8-6-5-7-9-14-33(44-38(51)54-40(2,3)4)36(49)47-24-30(21-34(47)35(48)45-41)53-39(52)46-23-28-11-10-13-32(42)31(28)25-46/h8,10-13,15-18,29-30,33-34H,5-7,9,14,19-25H2,1-4H3,(H,43,50)(H,44,51)(H,45,48)/b12-8-/t29?,30?,33?,34-,41?/m0/s1. The number of nitrogens with zero attached hydrogens (tertiary/aromatic N) is 2. The van der Waals surface area contributed by atoms with Gasteiger partial charge in [-0.3, -0.25) is 19.3 Å². The van der Waals surface area contributed by atoms with Crippen molar-refractivity contribution in [2.24, 2.45) is 5.92 Å². The van der Waals surface area contributed by atoms with Crippen molar-refractivity contribution in [2.75, 3.05) is 13.1 Å². The van der Waals surface area contributed by atoms with Gasteiger partial charge in [0.25, 0.3) is 0 Å². The molecule has 5 amide bonds. The average Bonchev–Trinajstić information content (AvgIpc) is 3.41. The number of carbonyl (C=O) groups is 5. The summed E-state index contributed by atoms with van der Waals surface area (Å²) in [6.45, 7) is 7.68. The van der Waals surface area contributed by atoms with Crippen LogP contribution in [0.15, 0.2) is 54.6 Å². The van der Waals surface area contributed by atoms with E-state index in [1.807, 2.05) is 43.3 Å². The third-order valence-electron chi connectivity index (χ3n) is 10.6. The molecule has 0 bridgehead atoms. The van der Waals surface area contributed by atoms with Crippen LogP contribution < -0.4 is 16.0 Å². The number of carbonyl (C=O) groups excluding carboxylic acids is 5. The lowest BCUT2D eigenvalue weighted by Crippen LogP contribution is -2.58. The van der Waals surface area contributed by atoms with Gasteiger partial charge in [-0.05, 0) is 77.0 Å². The van der Waals surface area contributed by atoms with E-state index < -0.39 is 59.1 Å². The Morgan fingerprint density at radius 1 is 1.04 bits per heavy atom. The zero-order chi connectivity index (χ0) is 38.6. The van der Waals surface area contributed by atoms with Crippen molar-refractivity contribution in [2.45, 2.75) is 121 Å². The third-order valence-corrected chi connectivity index (χ3v) is 10.6. The van der Waals surface area contributed by atoms with Gasteiger partial charge in [-0.25, -0.2) is 14.0 Å². The molecule has 0 aromatic heterocycles. The van der Waals surface area contributed by atoms with Gasteiger partial charge in [0.15, 0.2) is 0 Å². The Balaban J connectivity index is 1.21. The molecule has 12 nitrogen and oxygen atoms in total. The molecule has 54 heavy (non-hydrogen) atoms. The molecule has 3 N–H and O–H groups in total. The SMILES string of the molecule is Cc1ccc(CCNC(=O)C23CC2/C=C\CCCCCC(NC(=O)OC(C)(C)C)C(=O)N2CC(OC(=O)N4Cc5cccc(F)c5C4)C[C@H]2C(=O)N3)cc1. The van der Waals surface area contributed by atoms with Crippen molar-refractivity contribution < 1.29 is 37.8 Å². The van der Waals surface area contributed by atoms with Gasteiger partial charge < -0.3 is 30.3 Å². The number of alkyl carbamates (subject to hydrolysis) is 1. The summed E-state index contributed by atoms with van der Waals surface area (Å²) in [6, 6.07) is 10.7. The lowest BCUT2D eigenvalue weighted by Gasteiger charge is -2.30. The van der Waals surface area contributed by atoms with Crippen molar-refractivity contribution in [1.29, 1.82) is 0 Å². The van der Waals surface area contributed by atoms with Crippen LogP contribution in [0, 0.1) is 18.7 Å². The van der Waals surface area contributed by atoms with Crippen LogP contribution >= 0.6 is 0 Å². The van der Waals surface area contributed by atoms with Gasteiger partial charge in [0.05, 0.1) is 13.1 Å². The molecule has 0 radical (unpaired) electrons. The topological polar surface area (TPSA) is 146 Å². The summed E-state index contributed by atoms with van der Waals surface area (Å²) >= 11 is 0. The second kappa shape index (κ2) is 16.2. The number of allylic oxidation sites excluding steroid dienone is 1. The number of nitrogens with one attached hydrogen (secondary N) is 3. The molecule has 5 atom stereocenters. The number of hydrogen-bond acceptors (Lipinski definition) is 7. The second-order valence-electron chi connectivity index (χ2n) is 16.0. The minimum absolute atomic E-state index is 0.0246. The molecule has 6 rings (SSSR count). The normalized spacial score (nSPS) is 26.2. The van der Waals surface area contributed by atoms with Gasteiger partial charge in [-0.1, -0.05) is 67.0 Å². The number of fused-ring (bicyclic) bond motifs is 3. The molecular formula is C41H52FN5O7. The van der Waals surface area contributed by atoms with Crippen molar-refractivity contribution in [3.63, 3.8) is 0 Å². The monoisotopic (exact) mass is 745 g/mol. The van der Waals surface area contributed by atoms with E-state index in [-0.39, 0.29) is 37.9 Å². The summed E-state index contributed by atoms with van der Waals surface area (Å²) in [5.41, 5.74) is 1.33. The van der Waals surface area contributed by atoms with Crippen LogP contribution in [0.3, 0.4) is 0 Å². The molecule has 3 aliphatic heterocycles. The summed E-state index contributed by atoms with van der Waals surface area (Å²) in [7, 11) is 0. The smallest absolute Gasteiger partial charge is 0.410 e. The van der Waals surface area contributed by atoms with E-state index in [9.17, 15) is 28.4 Å². The number of halogens is 1. The van der Waals surface area contributed by atoms with E-state index in [0.717, 1.165) is 30.4 Å². The quantitative estimate of drug-likeness (QED) is 0.345. The van der Waals surface area contributed by atoms with Crippen molar-refractivity contribution in [3.05, 3.63) is 82.7 Å². The van der Waals surface area contributed by atoms with Crippen molar-refractivity contribution >= 4 is 29.9 Å². The lowest BCUT2D eigenvalue weighted by molar-refractivity contribution is -0.141. The molecule has 2 aromatic rings. The fraction of sp³-hybridized carbons (Fsp3) is 0.537. The number of rotatable bonds is 6. The van der Waals surface area contributed by atoms with Crippen molar-refractivity contribution in [1.82, 2.24) is 25.8 Å². The van der Waals surface area contributed by atoms with Crippen LogP contribution in [0.2, 0.25) is 0 Å². The first-order valence-corrected chi connectivity index (χ1v) is 19.1. The molecule has 1 aliphatic carbocycles. The van der Waals surface area contributed by atoms with Gasteiger partial charge in [-0.15, -0.1) is 0 Å². The van der Waals surface area contributed by atoms with Crippen LogP contribution in [0.4, 0.5) is 14.0 Å². The first kappa shape index (κ1) is 38.8. The highest BCUT2D eigenvalue weighted by Gasteiger charge is 2.61. The van der Waals surface area contributed by atoms with Crippen LogP contribution in [0.5, 0.6) is 0 Å². The Morgan fingerprint density at radius 3 is 2.56 bits per heavy atom. The highest BCUT2D eigenvalue weighted by atomic mass is 19.1. The van der Waals surface area contributed by atoms with Gasteiger partial charge in [0, 0.05) is 31.0 Å². The van der Waals surface area contributed by atoms with Crippen LogP contribution in [-0.4, -0.2) is 82.1 Å². The van der Waals surface area contributed by atoms with E-state index in [2.05, 4.69) is 16.0 Å². The number of hydrogen-bond donors (Lipinski definition) is 3. The summed E-state index contributed by atoms with van der Waals surface area (Å²) in [4.78, 5) is 71.6. The molecule has 4 unspecified atom stereocenters. The first-order chi connectivity index (χ1) is 25.7. The fourth-order valence-corrected chi connectivity index (χ4v) is 7.58. The zero-order valence-electron chi connectivity index (χ0n) is 31.6. The van der Waals surface area contributed by atoms with Crippen LogP contribution in [0.25, 0.3) is 0 Å². The molecule has 1 saturated heterocycles. The number of benzene rings is 2. The average molecular weight is 746 g/mol. The molecule has 2 aromatic carbocycles. The molecule has 290 valence electrons. The van der Waals surface area contributed by atoms with Crippen molar-refractivity contribution in [3.8, 4) is 0 Å². The molecule has 2 fully saturated rings. The Hall–Kier alpha value is -4.94. The third kappa shape index (κ3) is 9.22. The largest absolute Gasteiger partial charge is 0.444 e. The molecule has 3 heterocycles. The summed E-state index contributed by atoms with van der Waals surface area (Å²) < 4.78 is 25.8. The minimum atomic E-state index is -1.20. The molecule has 13 heteroatoms. The van der Waals surface area contributed by atoms with Crippen LogP contribution in [-0.2, 0) is 43.4 Å². The van der Waals surface area contributed by atoms with E-state index in [4.69, 9.17) is 9.47 Å². The number of aryl methyl sites for hydroxylation is 1. The predicted octanol–water partition coefficient (Wildman–Crippen LogP) is 5.20. The Labute approximate surface area is 316 Å². The molecular weight excluding hydrogens is 693 g/mol. The highest BCUT2D eigenvalue weighted by Crippen LogP contribution is 2.45. The number of amides is 5. The number of ether oxygens (including phenoxy) is 2. The lowest BCUT2D eigenvalue weighted by atomic mass is 10.0. The van der Waals surface area contributed by atoms with Crippen LogP contribution in [0.1, 0.15) is 88.0 Å². The van der Waals surface area contributed by atoms with Gasteiger partial charge in [0.1, 0.15) is 35.1 Å². The van der Waals surface area contributed by atoms with E-state index in [1.165, 1.54) is 15.9 Å². The first-order valence-electron chi connectivity index (χ1n) is 19.1. The summed E-state index contributed by atoms with van der Waals surface area (Å²) in [5, 5.41) is 8.77. The van der Waals surface area contributed by atoms with E-state index in [0.29, 0.717) is 43.4 Å². The zero-order valence-corrected chi connectivity index (χ0v) is 31.6. The Kier molecular flexibility index (Phi) is 11.6. The highest BCUT2D eigenvalue weighted by molar-refractivity contribution is 5.98. The molecule has 1 saturated carbocycles. The van der Waals surface area contributed by atoms with E-state index in [1.54, 1.807) is 32.9 Å². The summed E-state index contributed by atoms with van der Waals surface area (Å²) in [6.07, 6.45) is 6.05. The summed E-state index contributed by atoms with van der Waals surface area (Å²) in [5.74, 6) is -1.99. The Bertz CT molecular complexity index is 1780.